The molecule has 4 heterocycles. The van der Waals surface area contributed by atoms with Gasteiger partial charge in [0.05, 0.1) is 17.7 Å². The van der Waals surface area contributed by atoms with Gasteiger partial charge in [-0.05, 0) is 12.8 Å². The molecular weight excluding hydrogens is 436 g/mol. The van der Waals surface area contributed by atoms with Gasteiger partial charge < -0.3 is 13.6 Å². The molecule has 0 aromatic carbocycles. The van der Waals surface area contributed by atoms with Gasteiger partial charge in [0.2, 0.25) is 0 Å². The fourth-order valence-electron chi connectivity index (χ4n) is 3.14. The van der Waals surface area contributed by atoms with E-state index in [1.165, 1.54) is 21.9 Å². The SMILES string of the molecule is CCC.CCc1cc(CC)on1.CCc1cc(CCn2c(=O)c3c(ncn3C)n(C)c2=O)on1. The molecular formula is C24H36N6O4. The molecule has 0 radical (unpaired) electrons. The molecule has 0 saturated carbocycles. The number of rotatable bonds is 6. The first kappa shape index (κ1) is 26.8. The highest BCUT2D eigenvalue weighted by Crippen LogP contribution is 2.07. The maximum Gasteiger partial charge on any atom is 0.332 e. The Kier molecular flexibility index (Phi) is 10.0. The summed E-state index contributed by atoms with van der Waals surface area (Å²) in [6, 6.07) is 3.85. The fraction of sp³-hybridized carbons (Fsp3) is 0.542. The molecule has 0 aliphatic carbocycles. The van der Waals surface area contributed by atoms with Crippen LogP contribution >= 0.6 is 0 Å². The fourth-order valence-corrected chi connectivity index (χ4v) is 3.14. The van der Waals surface area contributed by atoms with E-state index in [1.807, 2.05) is 19.1 Å². The van der Waals surface area contributed by atoms with Crippen LogP contribution in [-0.2, 0) is 46.3 Å². The Morgan fingerprint density at radius 1 is 0.853 bits per heavy atom. The van der Waals surface area contributed by atoms with Crippen LogP contribution in [0.2, 0.25) is 0 Å². The topological polar surface area (TPSA) is 114 Å². The predicted molar refractivity (Wildman–Crippen MR) is 131 cm³/mol. The minimum atomic E-state index is -0.383. The lowest BCUT2D eigenvalue weighted by Crippen LogP contribution is -2.40. The van der Waals surface area contributed by atoms with Gasteiger partial charge in [-0.15, -0.1) is 0 Å². The lowest BCUT2D eigenvalue weighted by molar-refractivity contribution is 0.370. The van der Waals surface area contributed by atoms with Crippen molar-refractivity contribution in [3.8, 4) is 0 Å². The van der Waals surface area contributed by atoms with Crippen LogP contribution in [0.15, 0.2) is 37.1 Å². The maximum atomic E-state index is 12.5. The zero-order chi connectivity index (χ0) is 25.3. The van der Waals surface area contributed by atoms with Crippen molar-refractivity contribution >= 4 is 11.2 Å². The second-order valence-electron chi connectivity index (χ2n) is 7.91. The van der Waals surface area contributed by atoms with Crippen LogP contribution < -0.4 is 11.2 Å². The van der Waals surface area contributed by atoms with Crippen molar-refractivity contribution in [3.05, 3.63) is 62.2 Å². The van der Waals surface area contributed by atoms with Gasteiger partial charge in [-0.25, -0.2) is 9.78 Å². The van der Waals surface area contributed by atoms with Crippen molar-refractivity contribution in [2.24, 2.45) is 14.1 Å². The number of aryl methyl sites for hydroxylation is 6. The molecule has 0 unspecified atom stereocenters. The van der Waals surface area contributed by atoms with Gasteiger partial charge in [0.15, 0.2) is 11.2 Å². The zero-order valence-electron chi connectivity index (χ0n) is 21.3. The van der Waals surface area contributed by atoms with Crippen LogP contribution in [0.3, 0.4) is 0 Å². The first-order valence-corrected chi connectivity index (χ1v) is 11.8. The van der Waals surface area contributed by atoms with Crippen molar-refractivity contribution in [2.75, 3.05) is 0 Å². The summed E-state index contributed by atoms with van der Waals surface area (Å²) in [7, 11) is 3.34. The largest absolute Gasteiger partial charge is 0.361 e. The third kappa shape index (κ3) is 6.33. The molecule has 34 heavy (non-hydrogen) atoms. The van der Waals surface area contributed by atoms with E-state index in [9.17, 15) is 9.59 Å². The number of hydrogen-bond acceptors (Lipinski definition) is 7. The molecule has 10 heteroatoms. The minimum absolute atomic E-state index is 0.241. The minimum Gasteiger partial charge on any atom is -0.361 e. The van der Waals surface area contributed by atoms with E-state index in [0.717, 1.165) is 36.4 Å². The van der Waals surface area contributed by atoms with E-state index >= 15 is 0 Å². The monoisotopic (exact) mass is 472 g/mol. The Labute approximate surface area is 199 Å². The smallest absolute Gasteiger partial charge is 0.332 e. The van der Waals surface area contributed by atoms with Gasteiger partial charge in [-0.1, -0.05) is 51.4 Å². The third-order valence-electron chi connectivity index (χ3n) is 5.07. The van der Waals surface area contributed by atoms with Crippen LogP contribution in [0.4, 0.5) is 0 Å². The van der Waals surface area contributed by atoms with Crippen molar-refractivity contribution in [3.63, 3.8) is 0 Å². The Hall–Kier alpha value is -3.43. The molecule has 0 amide bonds. The number of fused-ring (bicyclic) bond motifs is 1. The lowest BCUT2D eigenvalue weighted by atomic mass is 10.2. The molecule has 4 aromatic rings. The summed E-state index contributed by atoms with van der Waals surface area (Å²) in [5.41, 5.74) is 1.99. The molecule has 186 valence electrons. The van der Waals surface area contributed by atoms with E-state index < -0.39 is 0 Å². The van der Waals surface area contributed by atoms with E-state index in [-0.39, 0.29) is 17.8 Å². The molecule has 0 bridgehead atoms. The molecule has 0 fully saturated rings. The molecule has 0 saturated heterocycles. The Bertz CT molecular complexity index is 1270. The van der Waals surface area contributed by atoms with E-state index in [4.69, 9.17) is 9.05 Å². The number of aromatic nitrogens is 6. The molecule has 10 nitrogen and oxygen atoms in total. The highest BCUT2D eigenvalue weighted by atomic mass is 16.5. The summed E-state index contributed by atoms with van der Waals surface area (Å²) in [4.78, 5) is 28.9. The van der Waals surface area contributed by atoms with Crippen LogP contribution in [0.5, 0.6) is 0 Å². The van der Waals surface area contributed by atoms with E-state index in [0.29, 0.717) is 23.3 Å². The van der Waals surface area contributed by atoms with Gasteiger partial charge in [0.1, 0.15) is 11.5 Å². The normalized spacial score (nSPS) is 10.6. The predicted octanol–water partition coefficient (Wildman–Crippen LogP) is 3.44. The summed E-state index contributed by atoms with van der Waals surface area (Å²) in [6.07, 6.45) is 5.90. The van der Waals surface area contributed by atoms with Gasteiger partial charge >= 0.3 is 5.69 Å². The molecule has 0 aliphatic heterocycles. The number of nitrogens with zero attached hydrogens (tertiary/aromatic N) is 6. The van der Waals surface area contributed by atoms with Crippen LogP contribution in [-0.4, -0.2) is 29.0 Å². The van der Waals surface area contributed by atoms with Crippen molar-refractivity contribution in [1.29, 1.82) is 0 Å². The summed E-state index contributed by atoms with van der Waals surface area (Å²) in [5, 5.41) is 7.74. The standard InChI is InChI=1S/C14H17N5O3.C7H11NO.C3H8/c1-4-9-7-10(22-16-9)5-6-19-13(20)11-12(15-8-17(11)2)18(3)14(19)21;1-3-6-5-7(4-2)9-8-6;1-3-2/h7-8H,4-6H2,1-3H3;5H,3-4H2,1-2H3;3H2,1-2H3. The van der Waals surface area contributed by atoms with Crippen LogP contribution in [0.1, 0.15) is 63.9 Å². The summed E-state index contributed by atoms with van der Waals surface area (Å²) >= 11 is 0. The summed E-state index contributed by atoms with van der Waals surface area (Å²) < 4.78 is 14.4. The summed E-state index contributed by atoms with van der Waals surface area (Å²) in [5.74, 6) is 1.64. The first-order valence-electron chi connectivity index (χ1n) is 11.8. The average Bonchev–Trinajstić information content (AvgIpc) is 3.58. The Morgan fingerprint density at radius 3 is 1.91 bits per heavy atom. The van der Waals surface area contributed by atoms with Crippen molar-refractivity contribution in [1.82, 2.24) is 29.0 Å². The highest BCUT2D eigenvalue weighted by Gasteiger charge is 2.15. The van der Waals surface area contributed by atoms with Gasteiger partial charge in [0, 0.05) is 45.6 Å². The molecule has 4 rings (SSSR count). The molecule has 0 N–H and O–H groups in total. The summed E-state index contributed by atoms with van der Waals surface area (Å²) in [6.45, 7) is 10.6. The Balaban J connectivity index is 0.000000283. The van der Waals surface area contributed by atoms with Gasteiger partial charge in [0.25, 0.3) is 5.56 Å². The quantitative estimate of drug-likeness (QED) is 0.422. The lowest BCUT2D eigenvalue weighted by Gasteiger charge is -2.07. The third-order valence-corrected chi connectivity index (χ3v) is 5.07. The molecule has 0 spiro atoms. The second-order valence-corrected chi connectivity index (χ2v) is 7.91. The number of hydrogen-bond donors (Lipinski definition) is 0. The highest BCUT2D eigenvalue weighted by molar-refractivity contribution is 5.69. The van der Waals surface area contributed by atoms with Gasteiger partial charge in [-0.3, -0.25) is 13.9 Å². The number of imidazole rings is 1. The van der Waals surface area contributed by atoms with E-state index in [2.05, 4.69) is 43.0 Å². The first-order chi connectivity index (χ1) is 16.3. The van der Waals surface area contributed by atoms with Crippen LogP contribution in [0, 0.1) is 0 Å². The molecule has 0 aliphatic rings. The molecule has 0 atom stereocenters. The second kappa shape index (κ2) is 12.7. The average molecular weight is 473 g/mol. The zero-order valence-corrected chi connectivity index (χ0v) is 21.3. The van der Waals surface area contributed by atoms with E-state index in [1.54, 1.807) is 18.7 Å². The Morgan fingerprint density at radius 2 is 1.41 bits per heavy atom. The molecule has 4 aromatic heterocycles. The van der Waals surface area contributed by atoms with Crippen LogP contribution in [0.25, 0.3) is 11.2 Å². The van der Waals surface area contributed by atoms with Crippen molar-refractivity contribution < 1.29 is 9.05 Å². The van der Waals surface area contributed by atoms with Gasteiger partial charge in [-0.2, -0.15) is 0 Å². The maximum absolute atomic E-state index is 12.5. The van der Waals surface area contributed by atoms with Crippen molar-refractivity contribution in [2.45, 2.75) is 73.3 Å².